The van der Waals surface area contributed by atoms with E-state index < -0.39 is 0 Å². The van der Waals surface area contributed by atoms with Crippen LogP contribution in [0.1, 0.15) is 35.3 Å². The first-order valence-electron chi connectivity index (χ1n) is 9.73. The van der Waals surface area contributed by atoms with Crippen molar-refractivity contribution in [2.24, 2.45) is 0 Å². The van der Waals surface area contributed by atoms with Crippen molar-refractivity contribution in [1.29, 1.82) is 0 Å². The molecule has 1 amide bonds. The van der Waals surface area contributed by atoms with Crippen LogP contribution in [0.15, 0.2) is 42.6 Å². The summed E-state index contributed by atoms with van der Waals surface area (Å²) in [5.41, 5.74) is 3.86. The molecule has 1 aliphatic rings. The molecule has 0 radical (unpaired) electrons. The predicted octanol–water partition coefficient (Wildman–Crippen LogP) is 3.29. The second-order valence-electron chi connectivity index (χ2n) is 7.25. The third kappa shape index (κ3) is 5.88. The van der Waals surface area contributed by atoms with Crippen LogP contribution in [-0.4, -0.2) is 55.2 Å². The lowest BCUT2D eigenvalue weighted by atomic mass is 10.0. The number of piperidine rings is 1. The Bertz CT molecular complexity index is 737. The summed E-state index contributed by atoms with van der Waals surface area (Å²) in [6, 6.07) is 11.7. The predicted molar refractivity (Wildman–Crippen MR) is 108 cm³/mol. The number of carbonyl (C=O) groups excluding carboxylic acids is 1. The van der Waals surface area contributed by atoms with Gasteiger partial charge in [-0.05, 0) is 68.6 Å². The molecule has 0 bridgehead atoms. The summed E-state index contributed by atoms with van der Waals surface area (Å²) in [6.45, 7) is 5.53. The number of nitrogens with zero attached hydrogens (tertiary/aromatic N) is 2. The molecule has 1 saturated heterocycles. The van der Waals surface area contributed by atoms with Crippen LogP contribution >= 0.6 is 0 Å². The second-order valence-corrected chi connectivity index (χ2v) is 7.25. The number of amides is 1. The summed E-state index contributed by atoms with van der Waals surface area (Å²) in [5, 5.41) is 2.97. The van der Waals surface area contributed by atoms with E-state index in [9.17, 15) is 4.79 Å². The third-order valence-electron chi connectivity index (χ3n) is 5.00. The van der Waals surface area contributed by atoms with E-state index in [4.69, 9.17) is 4.74 Å². The van der Waals surface area contributed by atoms with E-state index in [1.807, 2.05) is 43.3 Å². The van der Waals surface area contributed by atoms with Crippen molar-refractivity contribution in [2.45, 2.75) is 32.3 Å². The van der Waals surface area contributed by atoms with Crippen LogP contribution in [0.4, 0.5) is 0 Å². The highest BCUT2D eigenvalue weighted by atomic mass is 16.5. The van der Waals surface area contributed by atoms with E-state index in [-0.39, 0.29) is 5.91 Å². The zero-order valence-electron chi connectivity index (χ0n) is 16.3. The molecule has 2 aromatic rings. The van der Waals surface area contributed by atoms with Crippen LogP contribution in [0, 0.1) is 6.92 Å². The van der Waals surface area contributed by atoms with Crippen molar-refractivity contribution in [1.82, 2.24) is 15.2 Å². The van der Waals surface area contributed by atoms with E-state index in [2.05, 4.69) is 22.2 Å². The van der Waals surface area contributed by atoms with E-state index in [0.717, 1.165) is 49.2 Å². The van der Waals surface area contributed by atoms with Crippen LogP contribution in [0.2, 0.25) is 0 Å². The first-order chi connectivity index (χ1) is 13.1. The van der Waals surface area contributed by atoms with Crippen molar-refractivity contribution in [3.05, 3.63) is 53.9 Å². The monoisotopic (exact) mass is 367 g/mol. The molecule has 1 fully saturated rings. The Morgan fingerprint density at radius 2 is 1.93 bits per heavy atom. The molecule has 1 aromatic carbocycles. The molecule has 0 spiro atoms. The highest BCUT2D eigenvalue weighted by Gasteiger charge is 2.16. The molecule has 1 aromatic heterocycles. The average Bonchev–Trinajstić information content (AvgIpc) is 2.69. The number of benzene rings is 1. The quantitative estimate of drug-likeness (QED) is 0.763. The van der Waals surface area contributed by atoms with Gasteiger partial charge in [0.25, 0.3) is 5.91 Å². The summed E-state index contributed by atoms with van der Waals surface area (Å²) >= 11 is 0. The molecule has 0 aliphatic carbocycles. The average molecular weight is 367 g/mol. The van der Waals surface area contributed by atoms with Gasteiger partial charge in [0, 0.05) is 43.7 Å². The van der Waals surface area contributed by atoms with Gasteiger partial charge in [0.05, 0.1) is 6.10 Å². The van der Waals surface area contributed by atoms with Gasteiger partial charge in [0.2, 0.25) is 0 Å². The fourth-order valence-electron chi connectivity index (χ4n) is 3.32. The van der Waals surface area contributed by atoms with Gasteiger partial charge in [0.15, 0.2) is 0 Å². The zero-order valence-corrected chi connectivity index (χ0v) is 16.3. The number of hydrogen-bond donors (Lipinski definition) is 1. The third-order valence-corrected chi connectivity index (χ3v) is 5.00. The minimum atomic E-state index is -0.0354. The molecule has 5 heteroatoms. The fraction of sp³-hybridized carbons (Fsp3) is 0.455. The Hall–Kier alpha value is -2.24. The van der Waals surface area contributed by atoms with Crippen molar-refractivity contribution in [3.8, 4) is 11.1 Å². The van der Waals surface area contributed by atoms with Crippen LogP contribution in [-0.2, 0) is 4.74 Å². The Morgan fingerprint density at radius 3 is 2.63 bits per heavy atom. The van der Waals surface area contributed by atoms with Crippen molar-refractivity contribution in [2.75, 3.05) is 33.3 Å². The van der Waals surface area contributed by atoms with E-state index in [1.54, 1.807) is 6.20 Å². The summed E-state index contributed by atoms with van der Waals surface area (Å²) < 4.78 is 5.91. The number of ether oxygens (including phenoxy) is 1. The molecular formula is C22H29N3O2. The Balaban J connectivity index is 1.39. The van der Waals surface area contributed by atoms with Crippen LogP contribution in [0.5, 0.6) is 0 Å². The van der Waals surface area contributed by atoms with Gasteiger partial charge in [-0.25, -0.2) is 0 Å². The van der Waals surface area contributed by atoms with Gasteiger partial charge >= 0.3 is 0 Å². The van der Waals surface area contributed by atoms with Crippen molar-refractivity contribution >= 4 is 5.91 Å². The second kappa shape index (κ2) is 9.62. The maximum atomic E-state index is 12.3. The van der Waals surface area contributed by atoms with Gasteiger partial charge in [-0.1, -0.05) is 12.1 Å². The Labute approximate surface area is 161 Å². The molecule has 0 saturated carbocycles. The fourth-order valence-corrected chi connectivity index (χ4v) is 3.32. The SMILES string of the molecule is Cc1cc(-c2ccc(C(=O)NCCCOC3CCN(C)CC3)cc2)ccn1. The van der Waals surface area contributed by atoms with Gasteiger partial charge in [-0.3, -0.25) is 9.78 Å². The molecule has 0 unspecified atom stereocenters. The lowest BCUT2D eigenvalue weighted by Crippen LogP contribution is -2.34. The molecule has 27 heavy (non-hydrogen) atoms. The highest BCUT2D eigenvalue weighted by Crippen LogP contribution is 2.20. The number of aryl methyl sites for hydroxylation is 1. The number of likely N-dealkylation sites (tertiary alicyclic amines) is 1. The topological polar surface area (TPSA) is 54.5 Å². The van der Waals surface area contributed by atoms with Gasteiger partial charge < -0.3 is 15.0 Å². The maximum Gasteiger partial charge on any atom is 0.251 e. The lowest BCUT2D eigenvalue weighted by Gasteiger charge is -2.28. The first kappa shape index (κ1) is 19.5. The summed E-state index contributed by atoms with van der Waals surface area (Å²) in [4.78, 5) is 18.8. The Morgan fingerprint density at radius 1 is 1.19 bits per heavy atom. The summed E-state index contributed by atoms with van der Waals surface area (Å²) in [6.07, 6.45) is 5.23. The number of hydrogen-bond acceptors (Lipinski definition) is 4. The highest BCUT2D eigenvalue weighted by molar-refractivity contribution is 5.94. The molecule has 3 rings (SSSR count). The molecule has 5 nitrogen and oxygen atoms in total. The number of carbonyl (C=O) groups is 1. The molecule has 1 aliphatic heterocycles. The maximum absolute atomic E-state index is 12.3. The van der Waals surface area contributed by atoms with Gasteiger partial charge in [0.1, 0.15) is 0 Å². The molecule has 2 heterocycles. The summed E-state index contributed by atoms with van der Waals surface area (Å²) in [7, 11) is 2.15. The molecule has 0 atom stereocenters. The largest absolute Gasteiger partial charge is 0.378 e. The minimum Gasteiger partial charge on any atom is -0.378 e. The van der Waals surface area contributed by atoms with Crippen LogP contribution in [0.3, 0.4) is 0 Å². The molecule has 144 valence electrons. The van der Waals surface area contributed by atoms with E-state index in [0.29, 0.717) is 24.8 Å². The van der Waals surface area contributed by atoms with E-state index >= 15 is 0 Å². The zero-order chi connectivity index (χ0) is 19.1. The number of nitrogens with one attached hydrogen (secondary N) is 1. The standard InChI is InChI=1S/C22H29N3O2/c1-17-16-20(8-12-23-17)18-4-6-19(7-5-18)22(26)24-11-3-15-27-21-9-13-25(2)14-10-21/h4-8,12,16,21H,3,9-11,13-15H2,1-2H3,(H,24,26). The minimum absolute atomic E-state index is 0.0354. The molecular weight excluding hydrogens is 338 g/mol. The molecule has 1 N–H and O–H groups in total. The first-order valence-corrected chi connectivity index (χ1v) is 9.73. The lowest BCUT2D eigenvalue weighted by molar-refractivity contribution is 0.0117. The number of pyridine rings is 1. The van der Waals surface area contributed by atoms with Gasteiger partial charge in [-0.2, -0.15) is 0 Å². The summed E-state index contributed by atoms with van der Waals surface area (Å²) in [5.74, 6) is -0.0354. The van der Waals surface area contributed by atoms with E-state index in [1.165, 1.54) is 0 Å². The normalized spacial score (nSPS) is 15.6. The Kier molecular flexibility index (Phi) is 6.96. The van der Waals surface area contributed by atoms with Crippen LogP contribution < -0.4 is 5.32 Å². The van der Waals surface area contributed by atoms with Gasteiger partial charge in [-0.15, -0.1) is 0 Å². The number of rotatable bonds is 7. The van der Waals surface area contributed by atoms with Crippen molar-refractivity contribution in [3.63, 3.8) is 0 Å². The van der Waals surface area contributed by atoms with Crippen LogP contribution in [0.25, 0.3) is 11.1 Å². The number of aromatic nitrogens is 1. The smallest absolute Gasteiger partial charge is 0.251 e. The van der Waals surface area contributed by atoms with Crippen molar-refractivity contribution < 1.29 is 9.53 Å².